The number of benzene rings is 1. The summed E-state index contributed by atoms with van der Waals surface area (Å²) in [6.07, 6.45) is 3.96. The van der Waals surface area contributed by atoms with E-state index in [0.29, 0.717) is 19.6 Å². The van der Waals surface area contributed by atoms with Crippen LogP contribution in [0.3, 0.4) is 0 Å². The van der Waals surface area contributed by atoms with E-state index >= 15 is 0 Å². The van der Waals surface area contributed by atoms with Crippen molar-refractivity contribution < 1.29 is 14.3 Å². The van der Waals surface area contributed by atoms with Crippen LogP contribution in [0.2, 0.25) is 0 Å². The van der Waals surface area contributed by atoms with E-state index in [0.717, 1.165) is 30.6 Å². The fourth-order valence-electron chi connectivity index (χ4n) is 2.87. The lowest BCUT2D eigenvalue weighted by Crippen LogP contribution is -2.45. The second-order valence-electron chi connectivity index (χ2n) is 5.90. The highest BCUT2D eigenvalue weighted by molar-refractivity contribution is 7.98. The molecule has 1 saturated heterocycles. The molecule has 1 heterocycles. The minimum atomic E-state index is -0.595. The maximum Gasteiger partial charge on any atom is 0.317 e. The van der Waals surface area contributed by atoms with Crippen LogP contribution in [0.15, 0.2) is 24.3 Å². The molecule has 1 aliphatic heterocycles. The van der Waals surface area contributed by atoms with Gasteiger partial charge in [0.2, 0.25) is 0 Å². The average Bonchev–Trinajstić information content (AvgIpc) is 2.59. The van der Waals surface area contributed by atoms with E-state index in [2.05, 4.69) is 11.6 Å². The van der Waals surface area contributed by atoms with E-state index in [1.807, 2.05) is 4.90 Å². The fraction of sp³-hybridized carbons (Fsp3) is 0.588. The zero-order valence-electron chi connectivity index (χ0n) is 13.5. The molecule has 6 heteroatoms. The van der Waals surface area contributed by atoms with Crippen molar-refractivity contribution >= 4 is 17.8 Å². The standard InChI is InChI=1S/C17H25FN2O2S/c1-23-12-2-9-19-17(22)20-10-7-14(8-11-20)16(21)13-3-5-15(18)6-4-13/h3-6,14,16,21H,2,7-12H2,1H3,(H,19,22). The van der Waals surface area contributed by atoms with Crippen molar-refractivity contribution in [2.75, 3.05) is 31.6 Å². The normalized spacial score (nSPS) is 17.1. The highest BCUT2D eigenvalue weighted by Gasteiger charge is 2.28. The number of hydrogen-bond donors (Lipinski definition) is 2. The van der Waals surface area contributed by atoms with E-state index in [1.54, 1.807) is 23.9 Å². The first-order valence-corrected chi connectivity index (χ1v) is 9.46. The Hall–Kier alpha value is -1.27. The molecule has 0 bridgehead atoms. The highest BCUT2D eigenvalue weighted by atomic mass is 32.2. The van der Waals surface area contributed by atoms with E-state index in [1.165, 1.54) is 12.1 Å². The molecule has 2 rings (SSSR count). The number of urea groups is 1. The number of amides is 2. The summed E-state index contributed by atoms with van der Waals surface area (Å²) in [6, 6.07) is 5.99. The van der Waals surface area contributed by atoms with Gasteiger partial charge in [-0.3, -0.25) is 0 Å². The molecular weight excluding hydrogens is 315 g/mol. The number of carbonyl (C=O) groups excluding carboxylic acids is 1. The van der Waals surface area contributed by atoms with Gasteiger partial charge in [-0.25, -0.2) is 9.18 Å². The van der Waals surface area contributed by atoms with Gasteiger partial charge in [-0.2, -0.15) is 11.8 Å². The molecule has 0 aromatic heterocycles. The molecule has 1 atom stereocenters. The molecule has 1 unspecified atom stereocenters. The van der Waals surface area contributed by atoms with Gasteiger partial charge in [0.05, 0.1) is 6.10 Å². The minimum Gasteiger partial charge on any atom is -0.388 e. The van der Waals surface area contributed by atoms with E-state index in [9.17, 15) is 14.3 Å². The number of thioether (sulfide) groups is 1. The quantitative estimate of drug-likeness (QED) is 0.783. The van der Waals surface area contributed by atoms with Gasteiger partial charge < -0.3 is 15.3 Å². The van der Waals surface area contributed by atoms with Gasteiger partial charge in [0.1, 0.15) is 5.82 Å². The van der Waals surface area contributed by atoms with Gasteiger partial charge in [-0.15, -0.1) is 0 Å². The number of nitrogens with zero attached hydrogens (tertiary/aromatic N) is 1. The topological polar surface area (TPSA) is 52.6 Å². The van der Waals surface area contributed by atoms with E-state index in [4.69, 9.17) is 0 Å². The summed E-state index contributed by atoms with van der Waals surface area (Å²) >= 11 is 1.77. The fourth-order valence-corrected chi connectivity index (χ4v) is 3.31. The Bertz CT molecular complexity index is 490. The second-order valence-corrected chi connectivity index (χ2v) is 6.88. The van der Waals surface area contributed by atoms with Gasteiger partial charge in [-0.05, 0) is 54.9 Å². The van der Waals surface area contributed by atoms with Crippen molar-refractivity contribution in [2.24, 2.45) is 5.92 Å². The lowest BCUT2D eigenvalue weighted by molar-refractivity contribution is 0.0665. The zero-order valence-corrected chi connectivity index (χ0v) is 14.3. The summed E-state index contributed by atoms with van der Waals surface area (Å²) in [7, 11) is 0. The molecule has 2 amide bonds. The Morgan fingerprint density at radius 3 is 2.65 bits per heavy atom. The first-order valence-electron chi connectivity index (χ1n) is 8.07. The number of aliphatic hydroxyl groups is 1. The highest BCUT2D eigenvalue weighted by Crippen LogP contribution is 2.30. The van der Waals surface area contributed by atoms with Crippen molar-refractivity contribution in [3.8, 4) is 0 Å². The third-order valence-corrected chi connectivity index (χ3v) is 4.98. The molecule has 128 valence electrons. The van der Waals surface area contributed by atoms with Gasteiger partial charge in [0, 0.05) is 19.6 Å². The molecule has 1 fully saturated rings. The Kier molecular flexibility index (Phi) is 7.17. The number of hydrogen-bond acceptors (Lipinski definition) is 3. The largest absolute Gasteiger partial charge is 0.388 e. The molecule has 1 aromatic carbocycles. The molecule has 0 radical (unpaired) electrons. The summed E-state index contributed by atoms with van der Waals surface area (Å²) < 4.78 is 12.9. The van der Waals surface area contributed by atoms with Crippen LogP contribution in [-0.2, 0) is 0 Å². The van der Waals surface area contributed by atoms with Crippen molar-refractivity contribution in [3.63, 3.8) is 0 Å². The van der Waals surface area contributed by atoms with E-state index < -0.39 is 6.10 Å². The SMILES string of the molecule is CSCCCNC(=O)N1CCC(C(O)c2ccc(F)cc2)CC1. The summed E-state index contributed by atoms with van der Waals surface area (Å²) in [5.41, 5.74) is 0.742. The van der Waals surface area contributed by atoms with Gasteiger partial charge >= 0.3 is 6.03 Å². The lowest BCUT2D eigenvalue weighted by Gasteiger charge is -2.34. The molecule has 0 saturated carbocycles. The molecule has 0 spiro atoms. The number of piperidine rings is 1. The average molecular weight is 340 g/mol. The van der Waals surface area contributed by atoms with Crippen molar-refractivity contribution in [1.82, 2.24) is 10.2 Å². The first-order chi connectivity index (χ1) is 11.1. The Morgan fingerprint density at radius 2 is 2.04 bits per heavy atom. The van der Waals surface area contributed by atoms with Crippen molar-refractivity contribution in [1.29, 1.82) is 0 Å². The molecule has 1 aromatic rings. The monoisotopic (exact) mass is 340 g/mol. The van der Waals surface area contributed by atoms with Crippen LogP contribution < -0.4 is 5.32 Å². The molecule has 23 heavy (non-hydrogen) atoms. The Labute approximate surface area is 141 Å². The number of aliphatic hydroxyl groups excluding tert-OH is 1. The summed E-state index contributed by atoms with van der Waals surface area (Å²) in [5, 5.41) is 13.4. The predicted octanol–water partition coefficient (Wildman–Crippen LogP) is 3.03. The maximum atomic E-state index is 12.9. The van der Waals surface area contributed by atoms with E-state index in [-0.39, 0.29) is 17.8 Å². The van der Waals surface area contributed by atoms with Gasteiger partial charge in [-0.1, -0.05) is 12.1 Å². The predicted molar refractivity (Wildman–Crippen MR) is 92.1 cm³/mol. The van der Waals surface area contributed by atoms with Crippen LogP contribution in [0.1, 0.15) is 30.9 Å². The van der Waals surface area contributed by atoms with Crippen LogP contribution in [0.4, 0.5) is 9.18 Å². The molecule has 4 nitrogen and oxygen atoms in total. The zero-order chi connectivity index (χ0) is 16.7. The lowest BCUT2D eigenvalue weighted by atomic mass is 9.87. The molecular formula is C17H25FN2O2S. The van der Waals surface area contributed by atoms with Gasteiger partial charge in [0.25, 0.3) is 0 Å². The van der Waals surface area contributed by atoms with Crippen LogP contribution in [0.25, 0.3) is 0 Å². The smallest absolute Gasteiger partial charge is 0.317 e. The van der Waals surface area contributed by atoms with Gasteiger partial charge in [0.15, 0.2) is 0 Å². The molecule has 2 N–H and O–H groups in total. The summed E-state index contributed by atoms with van der Waals surface area (Å²) in [4.78, 5) is 13.9. The number of likely N-dealkylation sites (tertiary alicyclic amines) is 1. The first kappa shape index (κ1) is 18.1. The number of rotatable bonds is 6. The number of carbonyl (C=O) groups is 1. The summed E-state index contributed by atoms with van der Waals surface area (Å²) in [5.74, 6) is 0.863. The van der Waals surface area contributed by atoms with Crippen molar-refractivity contribution in [3.05, 3.63) is 35.6 Å². The minimum absolute atomic E-state index is 0.0131. The maximum absolute atomic E-state index is 12.9. The Morgan fingerprint density at radius 1 is 1.39 bits per heavy atom. The van der Waals surface area contributed by atoms with Crippen LogP contribution >= 0.6 is 11.8 Å². The second kappa shape index (κ2) is 9.13. The molecule has 0 aliphatic carbocycles. The number of nitrogens with one attached hydrogen (secondary N) is 1. The van der Waals surface area contributed by atoms with Crippen molar-refractivity contribution in [2.45, 2.75) is 25.4 Å². The summed E-state index contributed by atoms with van der Waals surface area (Å²) in [6.45, 7) is 2.01. The van der Waals surface area contributed by atoms with Crippen LogP contribution in [0.5, 0.6) is 0 Å². The third kappa shape index (κ3) is 5.39. The van der Waals surface area contributed by atoms with Crippen LogP contribution in [0, 0.1) is 11.7 Å². The molecule has 1 aliphatic rings. The number of halogens is 1. The Balaban J connectivity index is 1.76. The third-order valence-electron chi connectivity index (χ3n) is 4.29. The van der Waals surface area contributed by atoms with Crippen LogP contribution in [-0.4, -0.2) is 47.7 Å².